The summed E-state index contributed by atoms with van der Waals surface area (Å²) in [7, 11) is 0. The molecular formula is C27H44O3. The Morgan fingerprint density at radius 2 is 1.63 bits per heavy atom. The van der Waals surface area contributed by atoms with Crippen molar-refractivity contribution in [2.24, 2.45) is 52.3 Å². The van der Waals surface area contributed by atoms with Crippen molar-refractivity contribution in [3.8, 4) is 0 Å². The lowest BCUT2D eigenvalue weighted by Crippen LogP contribution is -2.55. The molecule has 30 heavy (non-hydrogen) atoms. The third-order valence-electron chi connectivity index (χ3n) is 11.9. The Kier molecular flexibility index (Phi) is 4.58. The third-order valence-corrected chi connectivity index (χ3v) is 11.9. The van der Waals surface area contributed by atoms with Crippen molar-refractivity contribution in [3.63, 3.8) is 0 Å². The van der Waals surface area contributed by atoms with Crippen molar-refractivity contribution in [2.75, 3.05) is 6.61 Å². The van der Waals surface area contributed by atoms with Crippen LogP contribution in [0.3, 0.4) is 0 Å². The van der Waals surface area contributed by atoms with Gasteiger partial charge in [0, 0.05) is 12.3 Å². The highest BCUT2D eigenvalue weighted by Crippen LogP contribution is 2.71. The molecule has 6 aliphatic rings. The van der Waals surface area contributed by atoms with Crippen LogP contribution >= 0.6 is 0 Å². The molecular weight excluding hydrogens is 372 g/mol. The van der Waals surface area contributed by atoms with E-state index in [1.165, 1.54) is 44.9 Å². The highest BCUT2D eigenvalue weighted by molar-refractivity contribution is 5.15. The van der Waals surface area contributed by atoms with Gasteiger partial charge in [-0.15, -0.1) is 0 Å². The van der Waals surface area contributed by atoms with E-state index in [1.54, 1.807) is 0 Å². The summed E-state index contributed by atoms with van der Waals surface area (Å²) in [5.41, 5.74) is 0.899. The zero-order valence-electron chi connectivity index (χ0n) is 19.7. The molecule has 4 saturated carbocycles. The van der Waals surface area contributed by atoms with Crippen LogP contribution in [0.1, 0.15) is 91.9 Å². The minimum atomic E-state index is -0.282. The molecule has 4 aliphatic carbocycles. The van der Waals surface area contributed by atoms with Crippen LogP contribution in [0, 0.1) is 52.3 Å². The summed E-state index contributed by atoms with van der Waals surface area (Å²) in [4.78, 5) is 0. The summed E-state index contributed by atoms with van der Waals surface area (Å²) in [6, 6.07) is 0. The van der Waals surface area contributed by atoms with E-state index in [0.29, 0.717) is 34.7 Å². The summed E-state index contributed by atoms with van der Waals surface area (Å²) in [5, 5.41) is 10.3. The maximum atomic E-state index is 10.3. The van der Waals surface area contributed by atoms with Gasteiger partial charge in [-0.1, -0.05) is 27.7 Å². The van der Waals surface area contributed by atoms with Gasteiger partial charge < -0.3 is 14.6 Å². The molecule has 2 aliphatic heterocycles. The molecule has 2 heterocycles. The van der Waals surface area contributed by atoms with Crippen LogP contribution in [-0.4, -0.2) is 29.7 Å². The molecule has 0 aromatic heterocycles. The Bertz CT molecular complexity index is 684. The van der Waals surface area contributed by atoms with Gasteiger partial charge in [0.2, 0.25) is 0 Å². The van der Waals surface area contributed by atoms with Crippen LogP contribution < -0.4 is 0 Å². The molecule has 6 fully saturated rings. The Morgan fingerprint density at radius 3 is 2.40 bits per heavy atom. The lowest BCUT2D eigenvalue weighted by atomic mass is 9.44. The number of aliphatic hydroxyl groups is 1. The van der Waals surface area contributed by atoms with E-state index in [1.807, 2.05) is 0 Å². The van der Waals surface area contributed by atoms with Crippen LogP contribution in [0.5, 0.6) is 0 Å². The molecule has 3 nitrogen and oxygen atoms in total. The molecule has 170 valence electrons. The molecule has 0 radical (unpaired) electrons. The van der Waals surface area contributed by atoms with Crippen LogP contribution in [0.25, 0.3) is 0 Å². The SMILES string of the molecule is C[C@H]1CC[C@@]2(OC1)O[C@@H]1C[C@@H]3[C@@H]4CC[C@@H]5C[C@@H](O)CC[C@@]5(C)[C@@H]4CC[C@]3(C)[C@@H]1[C@H]2C. The lowest BCUT2D eigenvalue weighted by Gasteiger charge is -2.61. The molecule has 2 saturated heterocycles. The van der Waals surface area contributed by atoms with Gasteiger partial charge in [0.1, 0.15) is 0 Å². The van der Waals surface area contributed by atoms with Crippen molar-refractivity contribution < 1.29 is 14.6 Å². The highest BCUT2D eigenvalue weighted by Gasteiger charge is 2.69. The van der Waals surface area contributed by atoms with Crippen LogP contribution in [-0.2, 0) is 9.47 Å². The molecule has 1 N–H and O–H groups in total. The predicted molar refractivity (Wildman–Crippen MR) is 118 cm³/mol. The zero-order chi connectivity index (χ0) is 20.9. The van der Waals surface area contributed by atoms with Crippen LogP contribution in [0.2, 0.25) is 0 Å². The fourth-order valence-electron chi connectivity index (χ4n) is 10.3. The van der Waals surface area contributed by atoms with Gasteiger partial charge in [0.05, 0.1) is 18.8 Å². The van der Waals surface area contributed by atoms with Gasteiger partial charge >= 0.3 is 0 Å². The van der Waals surface area contributed by atoms with E-state index < -0.39 is 0 Å². The van der Waals surface area contributed by atoms with Crippen LogP contribution in [0.4, 0.5) is 0 Å². The quantitative estimate of drug-likeness (QED) is 0.543. The van der Waals surface area contributed by atoms with E-state index in [-0.39, 0.29) is 11.9 Å². The van der Waals surface area contributed by atoms with Gasteiger partial charge in [-0.05, 0) is 104 Å². The second-order valence-electron chi connectivity index (χ2n) is 13.1. The number of ether oxygens (including phenoxy) is 2. The van der Waals surface area contributed by atoms with Crippen molar-refractivity contribution in [2.45, 2.75) is 110 Å². The average Bonchev–Trinajstić information content (AvgIpc) is 3.16. The Morgan fingerprint density at radius 1 is 0.833 bits per heavy atom. The first-order chi connectivity index (χ1) is 14.3. The fourth-order valence-corrected chi connectivity index (χ4v) is 10.3. The van der Waals surface area contributed by atoms with E-state index in [2.05, 4.69) is 27.7 Å². The second kappa shape index (κ2) is 6.70. The van der Waals surface area contributed by atoms with Gasteiger partial charge in [-0.2, -0.15) is 0 Å². The number of aliphatic hydroxyl groups excluding tert-OH is 1. The second-order valence-corrected chi connectivity index (χ2v) is 13.1. The Labute approximate surface area is 183 Å². The van der Waals surface area contributed by atoms with Crippen molar-refractivity contribution >= 4 is 0 Å². The maximum absolute atomic E-state index is 10.3. The number of hydrogen-bond donors (Lipinski definition) is 1. The summed E-state index contributed by atoms with van der Waals surface area (Å²) in [6.07, 6.45) is 12.9. The highest BCUT2D eigenvalue weighted by atomic mass is 16.7. The first-order valence-corrected chi connectivity index (χ1v) is 13.3. The molecule has 0 aromatic rings. The zero-order valence-corrected chi connectivity index (χ0v) is 19.7. The van der Waals surface area contributed by atoms with Gasteiger partial charge in [-0.3, -0.25) is 0 Å². The minimum absolute atomic E-state index is 0.0389. The molecule has 3 heteroatoms. The molecule has 0 aromatic carbocycles. The largest absolute Gasteiger partial charge is 0.393 e. The molecule has 6 rings (SSSR count). The van der Waals surface area contributed by atoms with E-state index in [4.69, 9.17) is 9.47 Å². The summed E-state index contributed by atoms with van der Waals surface area (Å²) < 4.78 is 13.4. The standard InChI is InChI=1S/C27H44O3/c1-16-7-12-27(29-15-16)17(2)24-23(30-27)14-22-20-6-5-18-13-19(28)8-10-25(18,3)21(20)9-11-26(22,24)4/h16-24,28H,5-15H2,1-4H3/t16-,17+,18+,19-,20+,21+,22+,23+,24+,25+,26-,27+/m0/s1. The molecule has 0 bridgehead atoms. The molecule has 0 amide bonds. The van der Waals surface area contributed by atoms with Crippen molar-refractivity contribution in [1.29, 1.82) is 0 Å². The van der Waals surface area contributed by atoms with Crippen LogP contribution in [0.15, 0.2) is 0 Å². The summed E-state index contributed by atoms with van der Waals surface area (Å²) in [5.74, 6) is 4.93. The van der Waals surface area contributed by atoms with Gasteiger partial charge in [0.25, 0.3) is 0 Å². The first kappa shape index (κ1) is 20.5. The topological polar surface area (TPSA) is 38.7 Å². The Hall–Kier alpha value is -0.120. The normalized spacial score (nSPS) is 62.5. The van der Waals surface area contributed by atoms with Gasteiger partial charge in [0.15, 0.2) is 5.79 Å². The molecule has 0 unspecified atom stereocenters. The lowest BCUT2D eigenvalue weighted by molar-refractivity contribution is -0.273. The molecule has 12 atom stereocenters. The van der Waals surface area contributed by atoms with Crippen molar-refractivity contribution in [1.82, 2.24) is 0 Å². The maximum Gasteiger partial charge on any atom is 0.171 e. The number of rotatable bonds is 0. The average molecular weight is 417 g/mol. The van der Waals surface area contributed by atoms with E-state index >= 15 is 0 Å². The van der Waals surface area contributed by atoms with E-state index in [9.17, 15) is 5.11 Å². The number of fused-ring (bicyclic) bond motifs is 7. The number of hydrogen-bond acceptors (Lipinski definition) is 3. The summed E-state index contributed by atoms with van der Waals surface area (Å²) in [6.45, 7) is 10.9. The fraction of sp³-hybridized carbons (Fsp3) is 1.00. The Balaban J connectivity index is 1.26. The summed E-state index contributed by atoms with van der Waals surface area (Å²) >= 11 is 0. The van der Waals surface area contributed by atoms with E-state index in [0.717, 1.165) is 49.5 Å². The predicted octanol–water partition coefficient (Wildman–Crippen LogP) is 5.79. The molecule has 1 spiro atoms. The minimum Gasteiger partial charge on any atom is -0.393 e. The third kappa shape index (κ3) is 2.61. The van der Waals surface area contributed by atoms with Gasteiger partial charge in [-0.25, -0.2) is 0 Å². The first-order valence-electron chi connectivity index (χ1n) is 13.3. The monoisotopic (exact) mass is 416 g/mol. The smallest absolute Gasteiger partial charge is 0.171 e. The van der Waals surface area contributed by atoms with Crippen molar-refractivity contribution in [3.05, 3.63) is 0 Å².